The number of halogens is 2. The Labute approximate surface area is 112 Å². The van der Waals surface area contributed by atoms with Crippen LogP contribution in [0, 0.1) is 11.6 Å². The zero-order valence-corrected chi connectivity index (χ0v) is 10.9. The zero-order valence-electron chi connectivity index (χ0n) is 10.9. The number of hydrogen-bond acceptors (Lipinski definition) is 3. The molecule has 0 radical (unpaired) electrons. The third-order valence-electron chi connectivity index (χ3n) is 2.92. The van der Waals surface area contributed by atoms with Crippen molar-refractivity contribution >= 4 is 0 Å². The maximum atomic E-state index is 13.4. The van der Waals surface area contributed by atoms with Gasteiger partial charge >= 0.3 is 0 Å². The van der Waals surface area contributed by atoms with Crippen LogP contribution in [0.25, 0.3) is 0 Å². The van der Waals surface area contributed by atoms with Crippen LogP contribution >= 0.6 is 0 Å². The molecule has 0 amide bonds. The van der Waals surface area contributed by atoms with E-state index in [1.54, 1.807) is 0 Å². The number of benzene rings is 1. The summed E-state index contributed by atoms with van der Waals surface area (Å²) in [6.45, 7) is 1.12. The van der Waals surface area contributed by atoms with E-state index in [2.05, 4.69) is 5.32 Å². The van der Waals surface area contributed by atoms with Crippen molar-refractivity contribution in [1.29, 1.82) is 0 Å². The maximum Gasteiger partial charge on any atom is 0.129 e. The molecule has 0 fully saturated rings. The summed E-state index contributed by atoms with van der Waals surface area (Å²) in [5.74, 6) is -1.15. The first-order valence-corrected chi connectivity index (χ1v) is 6.59. The van der Waals surface area contributed by atoms with Crippen molar-refractivity contribution in [2.45, 2.75) is 31.8 Å². The van der Waals surface area contributed by atoms with E-state index in [0.29, 0.717) is 6.54 Å². The molecule has 1 atom stereocenters. The first-order valence-electron chi connectivity index (χ1n) is 6.59. The molecule has 1 aromatic carbocycles. The van der Waals surface area contributed by atoms with Crippen LogP contribution in [0.5, 0.6) is 0 Å². The Morgan fingerprint density at radius 1 is 1.11 bits per heavy atom. The molecule has 1 unspecified atom stereocenters. The molecule has 0 aliphatic rings. The Bertz CT molecular complexity index is 374. The largest absolute Gasteiger partial charge is 0.396 e. The van der Waals surface area contributed by atoms with E-state index in [4.69, 9.17) is 5.11 Å². The Morgan fingerprint density at radius 2 is 1.84 bits per heavy atom. The Kier molecular flexibility index (Phi) is 7.55. The summed E-state index contributed by atoms with van der Waals surface area (Å²) in [6, 6.07) is 3.06. The van der Waals surface area contributed by atoms with E-state index in [1.165, 1.54) is 0 Å². The minimum atomic E-state index is -1.05. The predicted octanol–water partition coefficient (Wildman–Crippen LogP) is 2.14. The lowest BCUT2D eigenvalue weighted by molar-refractivity contribution is 0.169. The van der Waals surface area contributed by atoms with Crippen LogP contribution in [0.15, 0.2) is 18.2 Å². The number of hydrogen-bond donors (Lipinski definition) is 3. The van der Waals surface area contributed by atoms with E-state index in [-0.39, 0.29) is 18.7 Å². The number of unbranched alkanes of at least 4 members (excludes halogenated alkanes) is 3. The fourth-order valence-corrected chi connectivity index (χ4v) is 1.83. The van der Waals surface area contributed by atoms with Gasteiger partial charge in [-0.2, -0.15) is 0 Å². The number of rotatable bonds is 9. The lowest BCUT2D eigenvalue weighted by Gasteiger charge is -2.13. The first-order chi connectivity index (χ1) is 9.15. The summed E-state index contributed by atoms with van der Waals surface area (Å²) < 4.78 is 26.3. The van der Waals surface area contributed by atoms with Gasteiger partial charge in [0.05, 0.1) is 6.10 Å². The lowest BCUT2D eigenvalue weighted by Crippen LogP contribution is -2.23. The predicted molar refractivity (Wildman–Crippen MR) is 69.7 cm³/mol. The zero-order chi connectivity index (χ0) is 14.1. The van der Waals surface area contributed by atoms with E-state index in [9.17, 15) is 13.9 Å². The maximum absolute atomic E-state index is 13.4. The van der Waals surface area contributed by atoms with Crippen molar-refractivity contribution in [2.75, 3.05) is 19.7 Å². The van der Waals surface area contributed by atoms with Crippen LogP contribution in [-0.4, -0.2) is 29.9 Å². The molecule has 3 nitrogen and oxygen atoms in total. The molecule has 19 heavy (non-hydrogen) atoms. The van der Waals surface area contributed by atoms with Crippen LogP contribution in [-0.2, 0) is 0 Å². The second-order valence-corrected chi connectivity index (χ2v) is 4.52. The van der Waals surface area contributed by atoms with Gasteiger partial charge in [0.15, 0.2) is 0 Å². The Balaban J connectivity index is 2.23. The van der Waals surface area contributed by atoms with Crippen molar-refractivity contribution < 1.29 is 19.0 Å². The van der Waals surface area contributed by atoms with E-state index >= 15 is 0 Å². The van der Waals surface area contributed by atoms with Gasteiger partial charge in [-0.1, -0.05) is 12.8 Å². The molecule has 0 spiro atoms. The van der Waals surface area contributed by atoms with Crippen LogP contribution in [0.3, 0.4) is 0 Å². The third kappa shape index (κ3) is 6.09. The summed E-state index contributed by atoms with van der Waals surface area (Å²) >= 11 is 0. The first kappa shape index (κ1) is 16.0. The van der Waals surface area contributed by atoms with Crippen molar-refractivity contribution in [1.82, 2.24) is 5.32 Å². The van der Waals surface area contributed by atoms with Crippen LogP contribution in [0.2, 0.25) is 0 Å². The molecule has 0 heterocycles. The smallest absolute Gasteiger partial charge is 0.129 e. The van der Waals surface area contributed by atoms with E-state index in [1.807, 2.05) is 0 Å². The molecular formula is C14H21F2NO2. The molecule has 1 aromatic rings. The Morgan fingerprint density at radius 3 is 2.58 bits per heavy atom. The van der Waals surface area contributed by atoms with Crippen LogP contribution in [0.1, 0.15) is 37.4 Å². The van der Waals surface area contributed by atoms with Gasteiger partial charge in [0.1, 0.15) is 11.6 Å². The summed E-state index contributed by atoms with van der Waals surface area (Å²) in [5.41, 5.74) is -0.0206. The molecule has 0 aliphatic carbocycles. The monoisotopic (exact) mass is 273 g/mol. The molecule has 0 saturated carbocycles. The summed E-state index contributed by atoms with van der Waals surface area (Å²) in [7, 11) is 0. The van der Waals surface area contributed by atoms with Gasteiger partial charge in [0, 0.05) is 18.7 Å². The van der Waals surface area contributed by atoms with Gasteiger partial charge in [0.25, 0.3) is 0 Å². The van der Waals surface area contributed by atoms with Gasteiger partial charge in [-0.3, -0.25) is 0 Å². The molecule has 0 saturated heterocycles. The number of aliphatic hydroxyl groups is 2. The summed E-state index contributed by atoms with van der Waals surface area (Å²) in [4.78, 5) is 0. The molecule has 5 heteroatoms. The Hall–Kier alpha value is -1.04. The van der Waals surface area contributed by atoms with Crippen molar-refractivity contribution in [3.05, 3.63) is 35.4 Å². The topological polar surface area (TPSA) is 52.5 Å². The molecule has 3 N–H and O–H groups in total. The van der Waals surface area contributed by atoms with Crippen molar-refractivity contribution in [2.24, 2.45) is 0 Å². The average Bonchev–Trinajstić information content (AvgIpc) is 2.40. The van der Waals surface area contributed by atoms with Gasteiger partial charge in [-0.05, 0) is 37.6 Å². The van der Waals surface area contributed by atoms with Crippen LogP contribution in [0.4, 0.5) is 8.78 Å². The van der Waals surface area contributed by atoms with Crippen LogP contribution < -0.4 is 5.32 Å². The highest BCUT2D eigenvalue weighted by molar-refractivity contribution is 5.21. The standard InChI is InChI=1S/C14H21F2NO2/c15-11-5-6-13(16)12(9-11)14(19)10-17-7-3-1-2-4-8-18/h5-6,9,14,17-19H,1-4,7-8,10H2. The summed E-state index contributed by atoms with van der Waals surface area (Å²) in [6.07, 6.45) is 2.65. The minimum Gasteiger partial charge on any atom is -0.396 e. The molecule has 0 aromatic heterocycles. The van der Waals surface area contributed by atoms with E-state index < -0.39 is 17.7 Å². The second kappa shape index (κ2) is 8.96. The minimum absolute atomic E-state index is 0.0206. The van der Waals surface area contributed by atoms with Gasteiger partial charge in [0.2, 0.25) is 0 Å². The highest BCUT2D eigenvalue weighted by Crippen LogP contribution is 2.17. The van der Waals surface area contributed by atoms with E-state index in [0.717, 1.165) is 43.9 Å². The quantitative estimate of drug-likeness (QED) is 0.604. The lowest BCUT2D eigenvalue weighted by atomic mass is 10.1. The SMILES string of the molecule is OCCCCCCNCC(O)c1cc(F)ccc1F. The normalized spacial score (nSPS) is 12.6. The molecule has 1 rings (SSSR count). The average molecular weight is 273 g/mol. The molecule has 0 aliphatic heterocycles. The third-order valence-corrected chi connectivity index (χ3v) is 2.92. The second-order valence-electron chi connectivity index (χ2n) is 4.52. The molecule has 0 bridgehead atoms. The molecule has 108 valence electrons. The highest BCUT2D eigenvalue weighted by Gasteiger charge is 2.13. The molecular weight excluding hydrogens is 252 g/mol. The van der Waals surface area contributed by atoms with Gasteiger partial charge in [-0.15, -0.1) is 0 Å². The van der Waals surface area contributed by atoms with Crippen molar-refractivity contribution in [3.63, 3.8) is 0 Å². The highest BCUT2D eigenvalue weighted by atomic mass is 19.1. The van der Waals surface area contributed by atoms with Crippen molar-refractivity contribution in [3.8, 4) is 0 Å². The van der Waals surface area contributed by atoms with Gasteiger partial charge < -0.3 is 15.5 Å². The fourth-order valence-electron chi connectivity index (χ4n) is 1.83. The number of aliphatic hydroxyl groups excluding tert-OH is 2. The fraction of sp³-hybridized carbons (Fsp3) is 0.571. The number of nitrogens with one attached hydrogen (secondary N) is 1. The van der Waals surface area contributed by atoms with Gasteiger partial charge in [-0.25, -0.2) is 8.78 Å². The summed E-state index contributed by atoms with van der Waals surface area (Å²) in [5, 5.41) is 21.4.